The van der Waals surface area contributed by atoms with E-state index in [1.165, 1.54) is 30.3 Å². The number of hydrogen-bond donors (Lipinski definition) is 1. The lowest BCUT2D eigenvalue weighted by Gasteiger charge is -2.08. The first kappa shape index (κ1) is 14.0. The number of nitro benzene ring substituents is 1. The van der Waals surface area contributed by atoms with Crippen molar-refractivity contribution in [3.05, 3.63) is 63.7 Å². The van der Waals surface area contributed by atoms with Gasteiger partial charge in [0, 0.05) is 0 Å². The number of aromatic carboxylic acids is 1. The second-order valence-corrected chi connectivity index (χ2v) is 3.95. The lowest BCUT2D eigenvalue weighted by atomic mass is 10.2. The number of carboxylic acid groups (broad SMARTS) is 1. The predicted octanol–water partition coefficient (Wildman–Crippen LogP) is 2.96. The summed E-state index contributed by atoms with van der Waals surface area (Å²) in [7, 11) is 0. The van der Waals surface area contributed by atoms with Gasteiger partial charge < -0.3 is 9.84 Å². The van der Waals surface area contributed by atoms with E-state index in [9.17, 15) is 14.9 Å². The van der Waals surface area contributed by atoms with Crippen molar-refractivity contribution in [2.75, 3.05) is 0 Å². The molecule has 0 aliphatic rings. The zero-order valence-electron chi connectivity index (χ0n) is 10.5. The third-order valence-electron chi connectivity index (χ3n) is 2.63. The van der Waals surface area contributed by atoms with Gasteiger partial charge in [-0.1, -0.05) is 12.1 Å². The highest BCUT2D eigenvalue weighted by atomic mass is 16.6. The number of benzene rings is 2. The molecule has 0 amide bonds. The molecule has 0 bridgehead atoms. The van der Waals surface area contributed by atoms with Crippen LogP contribution in [0.5, 0.6) is 11.5 Å². The SMILES string of the molecule is N#Cc1ccc(Oc2ccccc2C(=O)O)cc1[N+](=O)[O-]. The Labute approximate surface area is 118 Å². The van der Waals surface area contributed by atoms with Gasteiger partial charge in [-0.15, -0.1) is 0 Å². The van der Waals surface area contributed by atoms with Crippen LogP contribution in [0.3, 0.4) is 0 Å². The number of para-hydroxylation sites is 1. The maximum absolute atomic E-state index is 11.1. The molecule has 2 rings (SSSR count). The summed E-state index contributed by atoms with van der Waals surface area (Å²) in [4.78, 5) is 21.2. The predicted molar refractivity (Wildman–Crippen MR) is 71.3 cm³/mol. The number of nitro groups is 1. The number of nitriles is 1. The number of rotatable bonds is 4. The molecule has 0 heterocycles. The summed E-state index contributed by atoms with van der Waals surface area (Å²) in [6, 6.07) is 11.3. The van der Waals surface area contributed by atoms with Gasteiger partial charge in [-0.3, -0.25) is 10.1 Å². The maximum atomic E-state index is 11.1. The fourth-order valence-electron chi connectivity index (χ4n) is 1.68. The van der Waals surface area contributed by atoms with Crippen molar-refractivity contribution < 1.29 is 19.6 Å². The molecule has 0 unspecified atom stereocenters. The smallest absolute Gasteiger partial charge is 0.339 e. The highest BCUT2D eigenvalue weighted by Gasteiger charge is 2.17. The minimum absolute atomic E-state index is 0.0593. The van der Waals surface area contributed by atoms with Gasteiger partial charge in [-0.2, -0.15) is 5.26 Å². The maximum Gasteiger partial charge on any atom is 0.339 e. The lowest BCUT2D eigenvalue weighted by Crippen LogP contribution is -2.00. The van der Waals surface area contributed by atoms with Crippen molar-refractivity contribution in [3.63, 3.8) is 0 Å². The monoisotopic (exact) mass is 284 g/mol. The summed E-state index contributed by atoms with van der Waals surface area (Å²) >= 11 is 0. The van der Waals surface area contributed by atoms with Crippen molar-refractivity contribution in [2.45, 2.75) is 0 Å². The van der Waals surface area contributed by atoms with E-state index >= 15 is 0 Å². The summed E-state index contributed by atoms with van der Waals surface area (Å²) in [6.07, 6.45) is 0. The normalized spacial score (nSPS) is 9.67. The van der Waals surface area contributed by atoms with Gasteiger partial charge in [0.15, 0.2) is 0 Å². The summed E-state index contributed by atoms with van der Waals surface area (Å²) in [5.74, 6) is -1.04. The first-order valence-electron chi connectivity index (χ1n) is 5.71. The standard InChI is InChI=1S/C14H8N2O5/c15-8-9-5-6-10(7-12(9)16(19)20)21-13-4-2-1-3-11(13)14(17)18/h1-7H,(H,17,18). The van der Waals surface area contributed by atoms with Crippen molar-refractivity contribution in [2.24, 2.45) is 0 Å². The van der Waals surface area contributed by atoms with E-state index in [0.29, 0.717) is 0 Å². The van der Waals surface area contributed by atoms with Crippen LogP contribution in [0.15, 0.2) is 42.5 Å². The van der Waals surface area contributed by atoms with Crippen LogP contribution >= 0.6 is 0 Å². The van der Waals surface area contributed by atoms with Gasteiger partial charge in [-0.25, -0.2) is 4.79 Å². The van der Waals surface area contributed by atoms with E-state index < -0.39 is 16.6 Å². The Morgan fingerprint density at radius 1 is 1.29 bits per heavy atom. The van der Waals surface area contributed by atoms with Gasteiger partial charge in [0.25, 0.3) is 5.69 Å². The summed E-state index contributed by atoms with van der Waals surface area (Å²) in [5.41, 5.74) is -0.564. The molecule has 0 aliphatic heterocycles. The molecule has 1 N–H and O–H groups in total. The van der Waals surface area contributed by atoms with Crippen molar-refractivity contribution in [1.29, 1.82) is 5.26 Å². The van der Waals surface area contributed by atoms with Crippen molar-refractivity contribution >= 4 is 11.7 Å². The third kappa shape index (κ3) is 2.96. The second kappa shape index (κ2) is 5.71. The molecule has 0 saturated heterocycles. The van der Waals surface area contributed by atoms with E-state index in [4.69, 9.17) is 15.1 Å². The van der Waals surface area contributed by atoms with E-state index in [1.54, 1.807) is 12.1 Å². The Morgan fingerprint density at radius 2 is 2.00 bits per heavy atom. The number of carbonyl (C=O) groups is 1. The molecule has 0 spiro atoms. The first-order valence-corrected chi connectivity index (χ1v) is 5.71. The average molecular weight is 284 g/mol. The summed E-state index contributed by atoms with van der Waals surface area (Å²) in [5, 5.41) is 28.7. The molecule has 0 aliphatic carbocycles. The topological polar surface area (TPSA) is 113 Å². The van der Waals surface area contributed by atoms with Crippen LogP contribution in [-0.4, -0.2) is 16.0 Å². The quantitative estimate of drug-likeness (QED) is 0.682. The summed E-state index contributed by atoms with van der Waals surface area (Å²) in [6.45, 7) is 0. The fourth-order valence-corrected chi connectivity index (χ4v) is 1.68. The van der Waals surface area contributed by atoms with E-state index in [-0.39, 0.29) is 22.6 Å². The average Bonchev–Trinajstić information content (AvgIpc) is 2.47. The van der Waals surface area contributed by atoms with Crippen LogP contribution in [0.25, 0.3) is 0 Å². The first-order chi connectivity index (χ1) is 10.0. The van der Waals surface area contributed by atoms with E-state index in [2.05, 4.69) is 0 Å². The molecule has 0 radical (unpaired) electrons. The largest absolute Gasteiger partial charge is 0.478 e. The van der Waals surface area contributed by atoms with Crippen LogP contribution in [0.1, 0.15) is 15.9 Å². The van der Waals surface area contributed by atoms with Crippen LogP contribution in [0, 0.1) is 21.4 Å². The summed E-state index contributed by atoms with van der Waals surface area (Å²) < 4.78 is 5.37. The van der Waals surface area contributed by atoms with Crippen LogP contribution in [-0.2, 0) is 0 Å². The molecule has 21 heavy (non-hydrogen) atoms. The molecule has 0 saturated carbocycles. The number of carboxylic acids is 1. The van der Waals surface area contributed by atoms with Crippen molar-refractivity contribution in [1.82, 2.24) is 0 Å². The van der Waals surface area contributed by atoms with Gasteiger partial charge >= 0.3 is 5.97 Å². The molecule has 7 nitrogen and oxygen atoms in total. The molecule has 7 heteroatoms. The highest BCUT2D eigenvalue weighted by molar-refractivity contribution is 5.90. The number of ether oxygens (including phenoxy) is 1. The molecule has 0 aromatic heterocycles. The second-order valence-electron chi connectivity index (χ2n) is 3.95. The van der Waals surface area contributed by atoms with Gasteiger partial charge in [0.2, 0.25) is 0 Å². The van der Waals surface area contributed by atoms with E-state index in [0.717, 1.165) is 6.07 Å². The van der Waals surface area contributed by atoms with Crippen molar-refractivity contribution in [3.8, 4) is 17.6 Å². The van der Waals surface area contributed by atoms with E-state index in [1.807, 2.05) is 0 Å². The Kier molecular flexibility index (Phi) is 3.81. The zero-order chi connectivity index (χ0) is 15.4. The number of nitrogens with zero attached hydrogens (tertiary/aromatic N) is 2. The Morgan fingerprint density at radius 3 is 2.62 bits per heavy atom. The van der Waals surface area contributed by atoms with Gasteiger partial charge in [-0.05, 0) is 24.3 Å². The van der Waals surface area contributed by atoms with Gasteiger partial charge in [0.1, 0.15) is 28.7 Å². The van der Waals surface area contributed by atoms with Crippen LogP contribution in [0.4, 0.5) is 5.69 Å². The van der Waals surface area contributed by atoms with Crippen LogP contribution in [0.2, 0.25) is 0 Å². The molecular formula is C14H8N2O5. The molecule has 2 aromatic rings. The minimum atomic E-state index is -1.17. The Bertz CT molecular complexity index is 764. The molecular weight excluding hydrogens is 276 g/mol. The minimum Gasteiger partial charge on any atom is -0.478 e. The molecule has 104 valence electrons. The third-order valence-corrected chi connectivity index (χ3v) is 2.63. The van der Waals surface area contributed by atoms with Gasteiger partial charge in [0.05, 0.1) is 11.0 Å². The Hall–Kier alpha value is -3.40. The number of hydrogen-bond acceptors (Lipinski definition) is 5. The zero-order valence-corrected chi connectivity index (χ0v) is 10.5. The molecule has 0 atom stereocenters. The highest BCUT2D eigenvalue weighted by Crippen LogP contribution is 2.29. The lowest BCUT2D eigenvalue weighted by molar-refractivity contribution is -0.385. The molecule has 2 aromatic carbocycles. The Balaban J connectivity index is 2.42. The fraction of sp³-hybridized carbons (Fsp3) is 0. The van der Waals surface area contributed by atoms with Crippen LogP contribution < -0.4 is 4.74 Å². The molecule has 0 fully saturated rings.